The molecule has 0 unspecified atom stereocenters. The second-order valence-electron chi connectivity index (χ2n) is 5.09. The second kappa shape index (κ2) is 5.87. The van der Waals surface area contributed by atoms with Gasteiger partial charge in [0.05, 0.1) is 0 Å². The van der Waals surface area contributed by atoms with Crippen LogP contribution in [0.5, 0.6) is 0 Å². The van der Waals surface area contributed by atoms with Gasteiger partial charge in [-0.1, -0.05) is 0 Å². The van der Waals surface area contributed by atoms with Crippen LogP contribution >= 0.6 is 0 Å². The standard InChI is InChI=1S/C15H14N4O2Se/c1-10(2)18(21)9-11-7-16-15(17-8-11)19-14(20)12-5-3-4-6-13(12)22-19/h3-10H,1-2H3. The number of rotatable bonds is 3. The third-order valence-corrected chi connectivity index (χ3v) is 5.35. The third kappa shape index (κ3) is 2.73. The van der Waals surface area contributed by atoms with Crippen molar-refractivity contribution in [3.8, 4) is 5.95 Å². The average molecular weight is 361 g/mol. The van der Waals surface area contributed by atoms with Crippen LogP contribution in [0, 0.1) is 5.21 Å². The summed E-state index contributed by atoms with van der Waals surface area (Å²) in [5.74, 6) is 0.375. The van der Waals surface area contributed by atoms with Gasteiger partial charge >= 0.3 is 132 Å². The van der Waals surface area contributed by atoms with E-state index in [0.29, 0.717) is 16.9 Å². The Hall–Kier alpha value is -2.24. The topological polar surface area (TPSA) is 73.8 Å². The van der Waals surface area contributed by atoms with E-state index in [1.807, 2.05) is 24.3 Å². The number of nitrogens with zero attached hydrogens (tertiary/aromatic N) is 4. The predicted molar refractivity (Wildman–Crippen MR) is 86.0 cm³/mol. The van der Waals surface area contributed by atoms with Crippen molar-refractivity contribution in [3.05, 3.63) is 57.8 Å². The van der Waals surface area contributed by atoms with Crippen molar-refractivity contribution in [3.63, 3.8) is 0 Å². The van der Waals surface area contributed by atoms with E-state index in [4.69, 9.17) is 0 Å². The number of hydrogen-bond donors (Lipinski definition) is 0. The van der Waals surface area contributed by atoms with Crippen LogP contribution in [0.1, 0.15) is 19.4 Å². The molecule has 2 heterocycles. The van der Waals surface area contributed by atoms with Crippen LogP contribution in [0.4, 0.5) is 0 Å². The Morgan fingerprint density at radius 2 is 1.95 bits per heavy atom. The Bertz CT molecular complexity index is 894. The van der Waals surface area contributed by atoms with Crippen LogP contribution in [0.15, 0.2) is 41.5 Å². The molecule has 6 nitrogen and oxygen atoms in total. The summed E-state index contributed by atoms with van der Waals surface area (Å²) >= 11 is -0.151. The zero-order valence-corrected chi connectivity index (χ0v) is 13.8. The van der Waals surface area contributed by atoms with E-state index in [1.165, 1.54) is 6.21 Å². The van der Waals surface area contributed by atoms with Gasteiger partial charge in [-0.3, -0.25) is 0 Å². The summed E-state index contributed by atoms with van der Waals surface area (Å²) in [4.78, 5) is 20.8. The maximum atomic E-state index is 12.3. The second-order valence-corrected chi connectivity index (χ2v) is 7.16. The van der Waals surface area contributed by atoms with Crippen molar-refractivity contribution < 1.29 is 4.74 Å². The monoisotopic (exact) mass is 362 g/mol. The van der Waals surface area contributed by atoms with Crippen molar-refractivity contribution in [2.75, 3.05) is 0 Å². The zero-order valence-electron chi connectivity index (χ0n) is 12.1. The van der Waals surface area contributed by atoms with Crippen molar-refractivity contribution in [1.82, 2.24) is 13.5 Å². The van der Waals surface area contributed by atoms with E-state index in [2.05, 4.69) is 9.97 Å². The summed E-state index contributed by atoms with van der Waals surface area (Å²) in [6, 6.07) is 7.40. The number of benzene rings is 1. The molecule has 0 aliphatic heterocycles. The van der Waals surface area contributed by atoms with E-state index >= 15 is 0 Å². The Labute approximate surface area is 132 Å². The normalized spacial score (nSPS) is 12.2. The van der Waals surface area contributed by atoms with Crippen LogP contribution in [0.3, 0.4) is 0 Å². The van der Waals surface area contributed by atoms with E-state index in [1.54, 1.807) is 29.8 Å². The van der Waals surface area contributed by atoms with Crippen molar-refractivity contribution in [2.24, 2.45) is 0 Å². The predicted octanol–water partition coefficient (Wildman–Crippen LogP) is 1.18. The molecule has 112 valence electrons. The Morgan fingerprint density at radius 3 is 2.59 bits per heavy atom. The first-order chi connectivity index (χ1) is 10.6. The molecule has 0 saturated carbocycles. The molecule has 0 atom stereocenters. The van der Waals surface area contributed by atoms with Crippen LogP contribution < -0.4 is 5.56 Å². The van der Waals surface area contributed by atoms with Gasteiger partial charge in [0.25, 0.3) is 0 Å². The molecule has 0 aliphatic carbocycles. The summed E-state index contributed by atoms with van der Waals surface area (Å²) in [7, 11) is 0. The summed E-state index contributed by atoms with van der Waals surface area (Å²) in [6.45, 7) is 3.61. The van der Waals surface area contributed by atoms with Gasteiger partial charge < -0.3 is 0 Å². The molecule has 0 N–H and O–H groups in total. The van der Waals surface area contributed by atoms with E-state index in [-0.39, 0.29) is 26.3 Å². The Balaban J connectivity index is 2.00. The number of aromatic nitrogens is 3. The fourth-order valence-corrected chi connectivity index (χ4v) is 3.89. The first-order valence-corrected chi connectivity index (χ1v) is 8.42. The van der Waals surface area contributed by atoms with Gasteiger partial charge in [-0.05, 0) is 0 Å². The fraction of sp³-hybridized carbons (Fsp3) is 0.200. The summed E-state index contributed by atoms with van der Waals surface area (Å²) < 4.78 is 3.47. The van der Waals surface area contributed by atoms with Gasteiger partial charge in [-0.15, -0.1) is 0 Å². The van der Waals surface area contributed by atoms with Gasteiger partial charge in [-0.2, -0.15) is 0 Å². The molecule has 3 rings (SSSR count). The molecule has 1 aromatic carbocycles. The van der Waals surface area contributed by atoms with Gasteiger partial charge in [0, 0.05) is 0 Å². The number of hydrogen-bond acceptors (Lipinski definition) is 4. The van der Waals surface area contributed by atoms with Crippen LogP contribution in [0.25, 0.3) is 15.6 Å². The molecule has 0 bridgehead atoms. The number of fused-ring (bicyclic) bond motifs is 1. The molecule has 0 fully saturated rings. The number of hydroxylamine groups is 1. The Kier molecular flexibility index (Phi) is 3.92. The molecule has 0 saturated heterocycles. The molecule has 0 radical (unpaired) electrons. The van der Waals surface area contributed by atoms with Crippen LogP contribution in [0.2, 0.25) is 0 Å². The van der Waals surface area contributed by atoms with E-state index < -0.39 is 0 Å². The average Bonchev–Trinajstić information content (AvgIpc) is 2.85. The minimum atomic E-state index is -0.151. The third-order valence-electron chi connectivity index (χ3n) is 3.12. The first-order valence-electron chi connectivity index (χ1n) is 6.80. The molecule has 3 aromatic rings. The fourth-order valence-electron chi connectivity index (χ4n) is 1.90. The van der Waals surface area contributed by atoms with Crippen LogP contribution in [-0.4, -0.2) is 45.3 Å². The molecular weight excluding hydrogens is 347 g/mol. The summed E-state index contributed by atoms with van der Waals surface area (Å²) in [5, 5.41) is 12.3. The van der Waals surface area contributed by atoms with E-state index in [0.717, 1.165) is 9.00 Å². The summed E-state index contributed by atoms with van der Waals surface area (Å²) in [6.07, 6.45) is 4.56. The molecule has 2 aromatic heterocycles. The Morgan fingerprint density at radius 1 is 1.27 bits per heavy atom. The molecule has 0 amide bonds. The SMILES string of the molecule is CC(C)[N+]([O-])=Cc1cnc(-n2[se]c3ccccc3c2=O)nc1. The quantitative estimate of drug-likeness (QED) is 0.231. The molecular formula is C15H14N4O2Se. The van der Waals surface area contributed by atoms with Gasteiger partial charge in [0.1, 0.15) is 0 Å². The van der Waals surface area contributed by atoms with E-state index in [9.17, 15) is 10.0 Å². The van der Waals surface area contributed by atoms with Crippen molar-refractivity contribution in [1.29, 1.82) is 0 Å². The minimum absolute atomic E-state index is 0.0695. The van der Waals surface area contributed by atoms with Gasteiger partial charge in [-0.25, -0.2) is 0 Å². The van der Waals surface area contributed by atoms with Crippen molar-refractivity contribution >= 4 is 30.6 Å². The van der Waals surface area contributed by atoms with Crippen molar-refractivity contribution in [2.45, 2.75) is 19.9 Å². The molecule has 22 heavy (non-hydrogen) atoms. The molecule has 7 heteroatoms. The maximum absolute atomic E-state index is 12.3. The summed E-state index contributed by atoms with van der Waals surface area (Å²) in [5.41, 5.74) is 0.545. The van der Waals surface area contributed by atoms with Crippen LogP contribution in [-0.2, 0) is 0 Å². The molecule has 0 aliphatic rings. The van der Waals surface area contributed by atoms with Gasteiger partial charge in [0.15, 0.2) is 0 Å². The van der Waals surface area contributed by atoms with Gasteiger partial charge in [0.2, 0.25) is 0 Å². The zero-order chi connectivity index (χ0) is 15.7. The molecule has 0 spiro atoms. The first kappa shape index (κ1) is 14.7.